The smallest absolute Gasteiger partial charge is 0.312 e. The van der Waals surface area contributed by atoms with Crippen LogP contribution in [0.25, 0.3) is 0 Å². The molecule has 9 aliphatic rings. The summed E-state index contributed by atoms with van der Waals surface area (Å²) in [6, 6.07) is 9.53. The Morgan fingerprint density at radius 1 is 0.592 bits per heavy atom. The molecule has 1 aromatic rings. The van der Waals surface area contributed by atoms with Crippen molar-refractivity contribution >= 4 is 12.3 Å². The summed E-state index contributed by atoms with van der Waals surface area (Å²) in [5.41, 5.74) is -1.80. The van der Waals surface area contributed by atoms with Gasteiger partial charge in [0.1, 0.15) is 78.8 Å². The van der Waals surface area contributed by atoms with Gasteiger partial charge in [0.25, 0.3) is 0 Å². The average Bonchev–Trinajstić information content (AvgIpc) is 0.672. The van der Waals surface area contributed by atoms with Gasteiger partial charge in [-0.25, -0.2) is 0 Å². The summed E-state index contributed by atoms with van der Waals surface area (Å²) in [6.07, 6.45) is -0.717. The van der Waals surface area contributed by atoms with Gasteiger partial charge in [0.05, 0.1) is 30.8 Å². The predicted molar refractivity (Wildman–Crippen MR) is 366 cm³/mol. The van der Waals surface area contributed by atoms with Gasteiger partial charge < -0.3 is 91.5 Å². The lowest BCUT2D eigenvalue weighted by molar-refractivity contribution is -0.458. The van der Waals surface area contributed by atoms with Gasteiger partial charge >= 0.3 is 5.97 Å². The first-order chi connectivity index (χ1) is 47.1. The molecule has 0 amide bonds. The number of carboxylic acids is 1. The largest absolute Gasteiger partial charge is 0.481 e. The van der Waals surface area contributed by atoms with Crippen LogP contribution in [-0.4, -0.2) is 190 Å². The minimum atomic E-state index is -1.59. The number of carbonyl (C=O) groups is 2. The summed E-state index contributed by atoms with van der Waals surface area (Å²) in [5, 5.41) is 49.9. The van der Waals surface area contributed by atoms with E-state index in [1.165, 1.54) is 5.57 Å². The summed E-state index contributed by atoms with van der Waals surface area (Å²) >= 11 is 0. The Morgan fingerprint density at radius 3 is 1.83 bits per heavy atom. The molecule has 4 aliphatic heterocycles. The van der Waals surface area contributed by atoms with Crippen molar-refractivity contribution in [3.8, 4) is 0 Å². The van der Waals surface area contributed by atoms with E-state index in [1.54, 1.807) is 0 Å². The lowest BCUT2D eigenvalue weighted by Gasteiger charge is -2.71. The standard InChI is InChI=1S/C78H126O20/c1-13-19-38-85-46-53-61(88-41-22-16-4)62(89-42-23-17-5)59(82)68(92-53)96-66-63(94-69-65(90-43-24-18-6)60(87-40-21-15-3)52(47-91-69)86-39-20-14-2)58(81)64(70-97-67(98-70)49-28-26-25-27-29-49)95-71(66)93-57-33-34-74(9)54(75(57,10)48-79)32-35-76(11)55(74)31-30-50-51-44-73(7,8)36-37-78(51,72(83)84)56(80)45-77(50,76)12/h25-30,48,51-71,80-82H,13-24,31-47H2,1-12H3,(H,83,84)/t51?,52-,53?,54?,55?,56?,57+,58+,59?,60?,61+,62?,63?,64?,65?,66?,67?,68+,69+,70?,71-,74?,75?,76?,77?,78-/m1/s1. The summed E-state index contributed by atoms with van der Waals surface area (Å²) in [6.45, 7) is 28.8. The fraction of sp³-hybridized carbons (Fsp3) is 0.872. The zero-order chi connectivity index (χ0) is 70.2. The molecule has 4 saturated heterocycles. The number of aldehydes is 1. The van der Waals surface area contributed by atoms with E-state index in [4.69, 9.17) is 66.3 Å². The van der Waals surface area contributed by atoms with Gasteiger partial charge in [-0.2, -0.15) is 0 Å². The molecule has 0 bridgehead atoms. The molecule has 558 valence electrons. The van der Waals surface area contributed by atoms with Crippen LogP contribution in [0.1, 0.15) is 230 Å². The Labute approximate surface area is 585 Å². The molecule has 16 unspecified atom stereocenters. The molecular formula is C78H126O20. The maximum Gasteiger partial charge on any atom is 0.312 e. The van der Waals surface area contributed by atoms with Crippen molar-refractivity contribution in [3.63, 3.8) is 0 Å². The summed E-state index contributed by atoms with van der Waals surface area (Å²) in [7, 11) is 0. The van der Waals surface area contributed by atoms with E-state index < -0.39 is 138 Å². The van der Waals surface area contributed by atoms with Gasteiger partial charge in [0.2, 0.25) is 0 Å². The summed E-state index contributed by atoms with van der Waals surface area (Å²) < 4.78 is 96.3. The van der Waals surface area contributed by atoms with Crippen LogP contribution in [0.3, 0.4) is 0 Å². The molecule has 20 heteroatoms. The molecule has 24 atom stereocenters. The molecule has 0 aromatic heterocycles. The number of aliphatic carboxylic acids is 1. The van der Waals surface area contributed by atoms with Crippen molar-refractivity contribution in [1.82, 2.24) is 0 Å². The van der Waals surface area contributed by atoms with Crippen LogP contribution < -0.4 is 0 Å². The van der Waals surface area contributed by atoms with Crippen molar-refractivity contribution in [3.05, 3.63) is 47.5 Å². The lowest BCUT2D eigenvalue weighted by Crippen LogP contribution is -2.70. The quantitative estimate of drug-likeness (QED) is 0.0214. The molecule has 4 saturated carbocycles. The van der Waals surface area contributed by atoms with E-state index in [9.17, 15) is 30.0 Å². The number of ether oxygens (including phenoxy) is 14. The first-order valence-corrected chi connectivity index (χ1v) is 38.4. The van der Waals surface area contributed by atoms with E-state index in [0.717, 1.165) is 102 Å². The number of rotatable bonds is 35. The third-order valence-electron chi connectivity index (χ3n) is 25.3. The van der Waals surface area contributed by atoms with Crippen LogP contribution in [0, 0.1) is 50.2 Å². The molecular weight excluding hydrogens is 1260 g/mol. The number of carboxylic acid groups (broad SMARTS) is 1. The van der Waals surface area contributed by atoms with Crippen molar-refractivity contribution in [2.45, 2.75) is 329 Å². The molecule has 4 N–H and O–H groups in total. The first-order valence-electron chi connectivity index (χ1n) is 38.4. The molecule has 10 rings (SSSR count). The highest BCUT2D eigenvalue weighted by Gasteiger charge is 2.72. The molecule has 8 fully saturated rings. The predicted octanol–water partition coefficient (Wildman–Crippen LogP) is 12.5. The van der Waals surface area contributed by atoms with Crippen molar-refractivity contribution in [2.24, 2.45) is 50.2 Å². The minimum Gasteiger partial charge on any atom is -0.481 e. The highest BCUT2D eigenvalue weighted by atomic mass is 16.9. The van der Waals surface area contributed by atoms with Gasteiger partial charge in [-0.1, -0.05) is 164 Å². The second-order valence-electron chi connectivity index (χ2n) is 32.2. The molecule has 4 heterocycles. The number of unbranched alkanes of at least 4 members (excludes halogenated alkanes) is 6. The number of hydrogen-bond donors (Lipinski definition) is 4. The Kier molecular flexibility index (Phi) is 27.2. The van der Waals surface area contributed by atoms with E-state index in [-0.39, 0.29) is 41.8 Å². The molecule has 0 spiro atoms. The number of benzene rings is 1. The van der Waals surface area contributed by atoms with E-state index in [2.05, 4.69) is 82.2 Å². The average molecular weight is 1380 g/mol. The normalized spacial score (nSPS) is 42.9. The van der Waals surface area contributed by atoms with Crippen LogP contribution in [0.2, 0.25) is 0 Å². The lowest BCUT2D eigenvalue weighted by atomic mass is 9.33. The van der Waals surface area contributed by atoms with Crippen LogP contribution in [0.4, 0.5) is 0 Å². The fourth-order valence-electron chi connectivity index (χ4n) is 19.1. The number of allylic oxidation sites excluding steroid dienone is 2. The monoisotopic (exact) mass is 1380 g/mol. The van der Waals surface area contributed by atoms with Gasteiger partial charge in [0.15, 0.2) is 31.5 Å². The highest BCUT2D eigenvalue weighted by Crippen LogP contribution is 2.76. The Morgan fingerprint density at radius 2 is 1.19 bits per heavy atom. The number of carbonyl (C=O) groups excluding carboxylic acids is 1. The van der Waals surface area contributed by atoms with Crippen molar-refractivity contribution in [1.29, 1.82) is 0 Å². The van der Waals surface area contributed by atoms with Crippen LogP contribution in [-0.2, 0) is 75.9 Å². The maximum atomic E-state index is 14.8. The Bertz CT molecular complexity index is 2680. The van der Waals surface area contributed by atoms with Crippen LogP contribution in [0.5, 0.6) is 0 Å². The first kappa shape index (κ1) is 78.0. The fourth-order valence-corrected chi connectivity index (χ4v) is 19.1. The number of aliphatic hydroxyl groups is 3. The van der Waals surface area contributed by atoms with E-state index in [1.807, 2.05) is 37.3 Å². The SMILES string of the molecule is CCCCOCC1O[C@@H](OC2C(O[C@@H]3OC[C@@H](OCCCC)C(OCCCC)C3OCCCC)[C@H](O)C(C3OC(c4ccccc4)O3)O[C@H]2O[C@H]2CCC3(C)C(CCC4(C)C3CC=C3C5CC(C)(C)CC[C@]5(C(=O)O)C(O)CC34C)C2(C)C=O)C(O)C(OCCCC)[C@H]1OCCCC. The van der Waals surface area contributed by atoms with Gasteiger partial charge in [0, 0.05) is 45.2 Å². The number of aliphatic hydroxyl groups excluding tert-OH is 3. The Balaban J connectivity index is 1.05. The topological polar surface area (TPSA) is 244 Å². The zero-order valence-corrected chi connectivity index (χ0v) is 61.5. The van der Waals surface area contributed by atoms with Gasteiger partial charge in [-0.15, -0.1) is 0 Å². The second-order valence-corrected chi connectivity index (χ2v) is 32.2. The maximum absolute atomic E-state index is 14.8. The number of hydrogen-bond acceptors (Lipinski definition) is 19. The number of fused-ring (bicyclic) bond motifs is 7. The molecule has 1 aromatic carbocycles. The molecule has 5 aliphatic carbocycles. The Hall–Kier alpha value is -2.58. The summed E-state index contributed by atoms with van der Waals surface area (Å²) in [4.78, 5) is 28.3. The van der Waals surface area contributed by atoms with Gasteiger partial charge in [-0.3, -0.25) is 4.79 Å². The highest BCUT2D eigenvalue weighted by molar-refractivity contribution is 5.77. The third-order valence-corrected chi connectivity index (χ3v) is 25.3. The van der Waals surface area contributed by atoms with Gasteiger partial charge in [-0.05, 0) is 136 Å². The minimum absolute atomic E-state index is 0.0640. The molecule has 20 nitrogen and oxygen atoms in total. The second kappa shape index (κ2) is 34.1. The zero-order valence-electron chi connectivity index (χ0n) is 61.5. The molecule has 0 radical (unpaired) electrons. The van der Waals surface area contributed by atoms with Crippen molar-refractivity contribution < 1.29 is 96.3 Å². The molecule has 98 heavy (non-hydrogen) atoms. The third kappa shape index (κ3) is 15.7. The van der Waals surface area contributed by atoms with Crippen LogP contribution >= 0.6 is 0 Å². The van der Waals surface area contributed by atoms with Crippen molar-refractivity contribution in [2.75, 3.05) is 52.9 Å². The van der Waals surface area contributed by atoms with E-state index in [0.29, 0.717) is 84.6 Å². The summed E-state index contributed by atoms with van der Waals surface area (Å²) in [5.74, 6) is -1.35. The van der Waals surface area contributed by atoms with E-state index >= 15 is 0 Å². The van der Waals surface area contributed by atoms with Crippen LogP contribution in [0.15, 0.2) is 42.0 Å².